The summed E-state index contributed by atoms with van der Waals surface area (Å²) in [6, 6.07) is 12.3. The number of pyridine rings is 1. The minimum Gasteiger partial charge on any atom is -0.385 e. The number of hydrogen-bond acceptors (Lipinski definition) is 3. The Morgan fingerprint density at radius 2 is 1.84 bits per heavy atom. The molecular weight excluding hydrogens is 413 g/mol. The van der Waals surface area contributed by atoms with Gasteiger partial charge >= 0.3 is 0 Å². The second-order valence-corrected chi connectivity index (χ2v) is 8.06. The number of halogens is 1. The van der Waals surface area contributed by atoms with Gasteiger partial charge in [0.2, 0.25) is 0 Å². The molecule has 0 fully saturated rings. The molecule has 2 aromatic carbocycles. The van der Waals surface area contributed by atoms with Gasteiger partial charge in [0.25, 0.3) is 5.56 Å². The molecule has 0 radical (unpaired) electrons. The molecule has 5 nitrogen and oxygen atoms in total. The van der Waals surface area contributed by atoms with E-state index >= 15 is 0 Å². The van der Waals surface area contributed by atoms with Gasteiger partial charge in [-0.05, 0) is 67.4 Å². The lowest BCUT2D eigenvalue weighted by Gasteiger charge is -2.26. The number of methoxy groups -OCH3 is 1. The van der Waals surface area contributed by atoms with Crippen molar-refractivity contribution >= 4 is 28.2 Å². The van der Waals surface area contributed by atoms with E-state index < -0.39 is 0 Å². The van der Waals surface area contributed by atoms with Crippen LogP contribution in [0.5, 0.6) is 0 Å². The van der Waals surface area contributed by atoms with Crippen molar-refractivity contribution in [3.63, 3.8) is 0 Å². The number of hydrogen-bond donors (Lipinski definition) is 2. The van der Waals surface area contributed by atoms with E-state index in [1.807, 2.05) is 30.9 Å². The number of nitrogens with zero attached hydrogens (tertiary/aromatic N) is 1. The normalized spacial score (nSPS) is 11.0. The Morgan fingerprint density at radius 3 is 2.55 bits per heavy atom. The minimum absolute atomic E-state index is 0.132. The van der Waals surface area contributed by atoms with Crippen molar-refractivity contribution in [1.82, 2.24) is 15.2 Å². The molecule has 0 atom stereocenters. The summed E-state index contributed by atoms with van der Waals surface area (Å²) in [6.07, 6.45) is 0.816. The highest BCUT2D eigenvalue weighted by molar-refractivity contribution is 7.80. The van der Waals surface area contributed by atoms with E-state index in [2.05, 4.69) is 16.4 Å². The van der Waals surface area contributed by atoms with Crippen LogP contribution >= 0.6 is 12.2 Å². The number of rotatable bonds is 8. The molecular formula is C24H28FN3O2S. The van der Waals surface area contributed by atoms with Crippen molar-refractivity contribution in [1.29, 1.82) is 0 Å². The fourth-order valence-corrected chi connectivity index (χ4v) is 3.71. The zero-order chi connectivity index (χ0) is 22.4. The van der Waals surface area contributed by atoms with Crippen LogP contribution in [0, 0.1) is 19.7 Å². The lowest BCUT2D eigenvalue weighted by molar-refractivity contribution is 0.195. The number of thiocarbonyl (C=S) groups is 1. The summed E-state index contributed by atoms with van der Waals surface area (Å²) in [5.41, 5.74) is 4.40. The summed E-state index contributed by atoms with van der Waals surface area (Å²) in [5, 5.41) is 4.80. The minimum atomic E-state index is -0.285. The second kappa shape index (κ2) is 10.5. The maximum atomic E-state index is 13.3. The second-order valence-electron chi connectivity index (χ2n) is 7.67. The first kappa shape index (κ1) is 22.9. The van der Waals surface area contributed by atoms with Crippen LogP contribution in [0.1, 0.15) is 28.7 Å². The van der Waals surface area contributed by atoms with Gasteiger partial charge in [-0.2, -0.15) is 0 Å². The summed E-state index contributed by atoms with van der Waals surface area (Å²) in [7, 11) is 1.66. The molecule has 0 aliphatic heterocycles. The molecule has 3 aromatic rings. The predicted molar refractivity (Wildman–Crippen MR) is 127 cm³/mol. The Morgan fingerprint density at radius 1 is 1.13 bits per heavy atom. The molecule has 1 heterocycles. The molecule has 7 heteroatoms. The van der Waals surface area contributed by atoms with Crippen LogP contribution in [0.3, 0.4) is 0 Å². The van der Waals surface area contributed by atoms with Gasteiger partial charge in [-0.1, -0.05) is 24.3 Å². The van der Waals surface area contributed by atoms with E-state index in [1.165, 1.54) is 12.1 Å². The van der Waals surface area contributed by atoms with E-state index in [-0.39, 0.29) is 11.4 Å². The Kier molecular flexibility index (Phi) is 7.76. The third-order valence-corrected chi connectivity index (χ3v) is 5.66. The summed E-state index contributed by atoms with van der Waals surface area (Å²) in [5.74, 6) is -0.285. The van der Waals surface area contributed by atoms with Crippen molar-refractivity contribution in [2.75, 3.05) is 20.3 Å². The molecule has 0 saturated heterocycles. The first-order valence-corrected chi connectivity index (χ1v) is 10.7. The number of benzene rings is 2. The lowest BCUT2D eigenvalue weighted by Crippen LogP contribution is -2.40. The number of ether oxygens (including phenoxy) is 1. The number of nitrogens with one attached hydrogen (secondary N) is 2. The fourth-order valence-electron chi connectivity index (χ4n) is 3.47. The Balaban J connectivity index is 1.88. The topological polar surface area (TPSA) is 57.4 Å². The molecule has 164 valence electrons. The number of fused-ring (bicyclic) bond motifs is 1. The fraction of sp³-hybridized carbons (Fsp3) is 0.333. The van der Waals surface area contributed by atoms with Crippen LogP contribution in [-0.4, -0.2) is 35.3 Å². The number of aryl methyl sites for hydroxylation is 2. The molecule has 0 aliphatic rings. The van der Waals surface area contributed by atoms with E-state index in [9.17, 15) is 9.18 Å². The van der Waals surface area contributed by atoms with Crippen LogP contribution in [-0.2, 0) is 17.8 Å². The highest BCUT2D eigenvalue weighted by atomic mass is 32.1. The molecule has 0 amide bonds. The lowest BCUT2D eigenvalue weighted by atomic mass is 10.0. The van der Waals surface area contributed by atoms with Gasteiger partial charge in [0.15, 0.2) is 5.11 Å². The van der Waals surface area contributed by atoms with Crippen LogP contribution < -0.4 is 10.9 Å². The van der Waals surface area contributed by atoms with E-state index in [0.29, 0.717) is 36.9 Å². The molecule has 2 N–H and O–H groups in total. The van der Waals surface area contributed by atoms with E-state index in [4.69, 9.17) is 17.0 Å². The third-order valence-electron chi connectivity index (χ3n) is 5.26. The molecule has 0 saturated carbocycles. The standard InChI is InChI=1S/C24H28FN3O2S/c1-16-5-6-17(2)22-21(16)13-19(23(29)27-22)15-28(24(31)26-11-4-12-30-3)14-18-7-9-20(25)10-8-18/h5-10,13H,4,11-12,14-15H2,1-3H3,(H,26,31)(H,27,29). The maximum absolute atomic E-state index is 13.3. The van der Waals surface area contributed by atoms with Crippen LogP contribution in [0.25, 0.3) is 10.9 Å². The highest BCUT2D eigenvalue weighted by Gasteiger charge is 2.15. The predicted octanol–water partition coefficient (Wildman–Crippen LogP) is 4.20. The van der Waals surface area contributed by atoms with Crippen LogP contribution in [0.15, 0.2) is 47.3 Å². The molecule has 0 bridgehead atoms. The number of aromatic nitrogens is 1. The largest absolute Gasteiger partial charge is 0.385 e. The monoisotopic (exact) mass is 441 g/mol. The van der Waals surface area contributed by atoms with Crippen LogP contribution in [0.4, 0.5) is 4.39 Å². The van der Waals surface area contributed by atoms with Gasteiger partial charge in [-0.15, -0.1) is 0 Å². The summed E-state index contributed by atoms with van der Waals surface area (Å²) in [6.45, 7) is 6.11. The average molecular weight is 442 g/mol. The summed E-state index contributed by atoms with van der Waals surface area (Å²) >= 11 is 5.62. The molecule has 1 aromatic heterocycles. The molecule has 31 heavy (non-hydrogen) atoms. The smallest absolute Gasteiger partial charge is 0.253 e. The molecule has 3 rings (SSSR count). The Bertz CT molecular complexity index is 1110. The quantitative estimate of drug-likeness (QED) is 0.405. The van der Waals surface area contributed by atoms with Gasteiger partial charge in [0.1, 0.15) is 5.82 Å². The highest BCUT2D eigenvalue weighted by Crippen LogP contribution is 2.20. The van der Waals surface area contributed by atoms with Gasteiger partial charge in [-0.3, -0.25) is 4.79 Å². The summed E-state index contributed by atoms with van der Waals surface area (Å²) in [4.78, 5) is 17.8. The van der Waals surface area contributed by atoms with Crippen LogP contribution in [0.2, 0.25) is 0 Å². The zero-order valence-corrected chi connectivity index (χ0v) is 18.9. The average Bonchev–Trinajstić information content (AvgIpc) is 2.75. The molecule has 0 aliphatic carbocycles. The van der Waals surface area contributed by atoms with Crippen molar-refractivity contribution < 1.29 is 9.13 Å². The summed E-state index contributed by atoms with van der Waals surface area (Å²) < 4.78 is 18.4. The van der Waals surface area contributed by atoms with E-state index in [0.717, 1.165) is 34.0 Å². The van der Waals surface area contributed by atoms with Crippen molar-refractivity contribution in [3.8, 4) is 0 Å². The molecule has 0 unspecified atom stereocenters. The van der Waals surface area contributed by atoms with Gasteiger partial charge in [0, 0.05) is 37.8 Å². The van der Waals surface area contributed by atoms with Gasteiger partial charge < -0.3 is 19.9 Å². The zero-order valence-electron chi connectivity index (χ0n) is 18.1. The molecule has 0 spiro atoms. The SMILES string of the molecule is COCCCNC(=S)N(Cc1ccc(F)cc1)Cc1cc2c(C)ccc(C)c2[nH]c1=O. The van der Waals surface area contributed by atoms with E-state index in [1.54, 1.807) is 19.2 Å². The van der Waals surface area contributed by atoms with Crippen molar-refractivity contribution in [2.24, 2.45) is 0 Å². The number of aromatic amines is 1. The van der Waals surface area contributed by atoms with Crippen molar-refractivity contribution in [2.45, 2.75) is 33.4 Å². The Hall–Kier alpha value is -2.77. The van der Waals surface area contributed by atoms with Gasteiger partial charge in [-0.25, -0.2) is 4.39 Å². The first-order chi connectivity index (χ1) is 14.9. The number of H-pyrrole nitrogens is 1. The maximum Gasteiger partial charge on any atom is 0.253 e. The van der Waals surface area contributed by atoms with Gasteiger partial charge in [0.05, 0.1) is 12.1 Å². The Labute approximate surface area is 187 Å². The van der Waals surface area contributed by atoms with Crippen molar-refractivity contribution in [3.05, 3.63) is 80.9 Å². The first-order valence-electron chi connectivity index (χ1n) is 10.3. The third kappa shape index (κ3) is 5.89.